The summed E-state index contributed by atoms with van der Waals surface area (Å²) in [5.41, 5.74) is 0. The number of nitrogens with two attached hydrogens (primary N) is 1. The van der Waals surface area contributed by atoms with Crippen molar-refractivity contribution in [3.8, 4) is 0 Å². The smallest absolute Gasteiger partial charge is 0.273 e. The summed E-state index contributed by atoms with van der Waals surface area (Å²) in [5, 5.41) is 7.73. The SMILES string of the molecule is CCCNCc1ccc(S(=O)(=O)NCCCS(N)(=O)=O)o1. The fraction of sp³-hybridized carbons (Fsp3) is 0.636. The Balaban J connectivity index is 2.50. The molecule has 21 heavy (non-hydrogen) atoms. The molecule has 0 fully saturated rings. The van der Waals surface area contributed by atoms with E-state index in [-0.39, 0.29) is 23.8 Å². The maximum absolute atomic E-state index is 11.9. The molecular formula is C11H21N3O5S2. The summed E-state index contributed by atoms with van der Waals surface area (Å²) in [4.78, 5) is 0. The van der Waals surface area contributed by atoms with E-state index in [0.717, 1.165) is 13.0 Å². The third-order valence-corrected chi connectivity index (χ3v) is 4.72. The molecule has 0 aromatic carbocycles. The molecule has 10 heteroatoms. The Morgan fingerprint density at radius 1 is 1.19 bits per heavy atom. The van der Waals surface area contributed by atoms with E-state index >= 15 is 0 Å². The van der Waals surface area contributed by atoms with Crippen molar-refractivity contribution in [2.24, 2.45) is 5.14 Å². The topological polar surface area (TPSA) is 132 Å². The second-order valence-corrected chi connectivity index (χ2v) is 7.95. The van der Waals surface area contributed by atoms with Crippen molar-refractivity contribution in [2.75, 3.05) is 18.8 Å². The molecule has 0 bridgehead atoms. The average molecular weight is 339 g/mol. The summed E-state index contributed by atoms with van der Waals surface area (Å²) in [5.74, 6) is 0.244. The largest absolute Gasteiger partial charge is 0.447 e. The normalized spacial score (nSPS) is 12.7. The molecule has 0 radical (unpaired) electrons. The number of primary sulfonamides is 1. The van der Waals surface area contributed by atoms with Crippen LogP contribution in [0.2, 0.25) is 0 Å². The van der Waals surface area contributed by atoms with E-state index < -0.39 is 20.0 Å². The number of sulfonamides is 2. The third kappa shape index (κ3) is 7.05. The zero-order chi connectivity index (χ0) is 15.9. The Bertz CT molecular complexity index is 637. The van der Waals surface area contributed by atoms with Crippen molar-refractivity contribution in [1.29, 1.82) is 0 Å². The van der Waals surface area contributed by atoms with Crippen LogP contribution in [0.15, 0.2) is 21.6 Å². The molecule has 0 amide bonds. The minimum Gasteiger partial charge on any atom is -0.447 e. The van der Waals surface area contributed by atoms with E-state index in [0.29, 0.717) is 12.3 Å². The van der Waals surface area contributed by atoms with Gasteiger partial charge in [0.2, 0.25) is 15.1 Å². The Morgan fingerprint density at radius 3 is 2.52 bits per heavy atom. The van der Waals surface area contributed by atoms with Gasteiger partial charge in [0.15, 0.2) is 0 Å². The first-order valence-electron chi connectivity index (χ1n) is 6.54. The molecule has 0 saturated carbocycles. The van der Waals surface area contributed by atoms with Crippen LogP contribution in [0.4, 0.5) is 0 Å². The van der Waals surface area contributed by atoms with E-state index in [4.69, 9.17) is 9.56 Å². The van der Waals surface area contributed by atoms with Crippen LogP contribution in [-0.2, 0) is 26.6 Å². The molecule has 0 unspecified atom stereocenters. The summed E-state index contributed by atoms with van der Waals surface area (Å²) in [6.45, 7) is 3.27. The van der Waals surface area contributed by atoms with Gasteiger partial charge in [0.1, 0.15) is 5.76 Å². The van der Waals surface area contributed by atoms with Crippen molar-refractivity contribution in [1.82, 2.24) is 10.0 Å². The molecule has 8 nitrogen and oxygen atoms in total. The first-order chi connectivity index (χ1) is 9.74. The first kappa shape index (κ1) is 18.1. The summed E-state index contributed by atoms with van der Waals surface area (Å²) in [6.07, 6.45) is 1.07. The van der Waals surface area contributed by atoms with Gasteiger partial charge in [-0.2, -0.15) is 0 Å². The number of hydrogen-bond acceptors (Lipinski definition) is 6. The van der Waals surface area contributed by atoms with Gasteiger partial charge in [-0.3, -0.25) is 0 Å². The van der Waals surface area contributed by atoms with Gasteiger partial charge in [0, 0.05) is 6.54 Å². The molecule has 0 spiro atoms. The maximum atomic E-state index is 11.9. The predicted octanol–water partition coefficient (Wildman–Crippen LogP) is -0.264. The lowest BCUT2D eigenvalue weighted by atomic mass is 10.4. The monoisotopic (exact) mass is 339 g/mol. The molecule has 0 aliphatic carbocycles. The lowest BCUT2D eigenvalue weighted by Crippen LogP contribution is -2.27. The van der Waals surface area contributed by atoms with Gasteiger partial charge in [-0.05, 0) is 31.5 Å². The van der Waals surface area contributed by atoms with E-state index in [2.05, 4.69) is 10.0 Å². The Labute approximate surface area is 125 Å². The molecule has 0 atom stereocenters. The van der Waals surface area contributed by atoms with Crippen LogP contribution in [0, 0.1) is 0 Å². The number of hydrogen-bond donors (Lipinski definition) is 3. The van der Waals surface area contributed by atoms with Gasteiger partial charge >= 0.3 is 0 Å². The first-order valence-corrected chi connectivity index (χ1v) is 9.74. The van der Waals surface area contributed by atoms with E-state index in [9.17, 15) is 16.8 Å². The van der Waals surface area contributed by atoms with Gasteiger partial charge in [-0.15, -0.1) is 0 Å². The Kier molecular flexibility index (Phi) is 6.81. The van der Waals surface area contributed by atoms with Crippen molar-refractivity contribution < 1.29 is 21.3 Å². The summed E-state index contributed by atoms with van der Waals surface area (Å²) in [7, 11) is -7.35. The van der Waals surface area contributed by atoms with Crippen molar-refractivity contribution in [2.45, 2.75) is 31.4 Å². The van der Waals surface area contributed by atoms with Crippen molar-refractivity contribution >= 4 is 20.0 Å². The van der Waals surface area contributed by atoms with Crippen LogP contribution in [0.5, 0.6) is 0 Å². The van der Waals surface area contributed by atoms with Crippen LogP contribution < -0.4 is 15.2 Å². The van der Waals surface area contributed by atoms with Gasteiger partial charge in [-0.1, -0.05) is 6.92 Å². The van der Waals surface area contributed by atoms with Gasteiger partial charge in [0.05, 0.1) is 12.3 Å². The van der Waals surface area contributed by atoms with Crippen LogP contribution in [0.25, 0.3) is 0 Å². The van der Waals surface area contributed by atoms with E-state index in [1.165, 1.54) is 6.07 Å². The highest BCUT2D eigenvalue weighted by Crippen LogP contribution is 2.13. The van der Waals surface area contributed by atoms with Crippen LogP contribution in [0.3, 0.4) is 0 Å². The van der Waals surface area contributed by atoms with Crippen LogP contribution in [0.1, 0.15) is 25.5 Å². The minimum absolute atomic E-state index is 0.0249. The summed E-state index contributed by atoms with van der Waals surface area (Å²) in [6, 6.07) is 2.95. The fourth-order valence-electron chi connectivity index (χ4n) is 1.54. The van der Waals surface area contributed by atoms with E-state index in [1.807, 2.05) is 6.92 Å². The quantitative estimate of drug-likeness (QED) is 0.503. The number of furan rings is 1. The molecule has 4 N–H and O–H groups in total. The molecule has 0 aliphatic heterocycles. The maximum Gasteiger partial charge on any atom is 0.273 e. The molecule has 1 aromatic heterocycles. The minimum atomic E-state index is -3.77. The Hall–Kier alpha value is -0.940. The average Bonchev–Trinajstić information content (AvgIpc) is 2.84. The zero-order valence-corrected chi connectivity index (χ0v) is 13.5. The molecule has 1 aromatic rings. The van der Waals surface area contributed by atoms with Crippen molar-refractivity contribution in [3.63, 3.8) is 0 Å². The lowest BCUT2D eigenvalue weighted by molar-refractivity contribution is 0.400. The van der Waals surface area contributed by atoms with Crippen LogP contribution in [-0.4, -0.2) is 35.7 Å². The Morgan fingerprint density at radius 2 is 1.90 bits per heavy atom. The van der Waals surface area contributed by atoms with Gasteiger partial charge in [-0.25, -0.2) is 26.7 Å². The number of nitrogens with one attached hydrogen (secondary N) is 2. The van der Waals surface area contributed by atoms with Gasteiger partial charge < -0.3 is 9.73 Å². The highest BCUT2D eigenvalue weighted by Gasteiger charge is 2.18. The molecule has 122 valence electrons. The summed E-state index contributed by atoms with van der Waals surface area (Å²) < 4.78 is 52.8. The fourth-order valence-corrected chi connectivity index (χ4v) is 3.10. The lowest BCUT2D eigenvalue weighted by Gasteiger charge is -2.04. The second kappa shape index (κ2) is 7.90. The van der Waals surface area contributed by atoms with Crippen molar-refractivity contribution in [3.05, 3.63) is 17.9 Å². The third-order valence-electron chi connectivity index (χ3n) is 2.53. The van der Waals surface area contributed by atoms with E-state index in [1.54, 1.807) is 6.07 Å². The zero-order valence-electron chi connectivity index (χ0n) is 11.8. The molecule has 1 rings (SSSR count). The summed E-state index contributed by atoms with van der Waals surface area (Å²) >= 11 is 0. The molecule has 0 saturated heterocycles. The standard InChI is InChI=1S/C11H21N3O5S2/c1-2-6-13-9-10-4-5-11(19-10)21(17,18)14-7-3-8-20(12,15)16/h4-5,13-14H,2-3,6-9H2,1H3,(H2,12,15,16). The number of rotatable bonds is 10. The second-order valence-electron chi connectivity index (χ2n) is 4.52. The molecule has 1 heterocycles. The highest BCUT2D eigenvalue weighted by atomic mass is 32.2. The highest BCUT2D eigenvalue weighted by molar-refractivity contribution is 7.89. The molecule has 0 aliphatic rings. The predicted molar refractivity (Wildman–Crippen MR) is 78.5 cm³/mol. The molecular weight excluding hydrogens is 318 g/mol. The van der Waals surface area contributed by atoms with Crippen LogP contribution >= 0.6 is 0 Å². The van der Waals surface area contributed by atoms with Gasteiger partial charge in [0.25, 0.3) is 10.0 Å².